The van der Waals surface area contributed by atoms with Gasteiger partial charge < -0.3 is 10.2 Å². The fraction of sp³-hybridized carbons (Fsp3) is 0.257. The Bertz CT molecular complexity index is 1770. The molecule has 11 heteroatoms. The number of hydrogen-bond donors (Lipinski definition) is 1. The predicted octanol–water partition coefficient (Wildman–Crippen LogP) is 7.03. The standard InChI is InChI=1S/C35H34Cl2FN3O4S/c36-30-18-10-7-13-26(30)23-40(33(21-25-11-3-1-4-12-25)35(43)39-27-14-8-9-15-27)34(42)24-41(28-19-20-32(38)31(37)22-28)46(44,45)29-16-5-2-6-17-29/h1-7,10-13,16-20,22,27,33H,8-9,14-15,21,23-24H2,(H,39,43)/t33-/m1/s1. The van der Waals surface area contributed by atoms with Crippen molar-refractivity contribution in [3.8, 4) is 0 Å². The van der Waals surface area contributed by atoms with Crippen LogP contribution in [0.1, 0.15) is 36.8 Å². The molecule has 7 nitrogen and oxygen atoms in total. The zero-order chi connectivity index (χ0) is 32.7. The summed E-state index contributed by atoms with van der Waals surface area (Å²) in [6.07, 6.45) is 3.88. The van der Waals surface area contributed by atoms with Gasteiger partial charge in [-0.05, 0) is 60.4 Å². The fourth-order valence-corrected chi connectivity index (χ4v) is 7.42. The summed E-state index contributed by atoms with van der Waals surface area (Å²) >= 11 is 12.6. The van der Waals surface area contributed by atoms with Gasteiger partial charge in [-0.25, -0.2) is 12.8 Å². The largest absolute Gasteiger partial charge is 0.352 e. The minimum Gasteiger partial charge on any atom is -0.352 e. The normalized spacial score (nSPS) is 14.1. The highest BCUT2D eigenvalue weighted by molar-refractivity contribution is 7.92. The molecule has 0 spiro atoms. The Balaban J connectivity index is 1.58. The summed E-state index contributed by atoms with van der Waals surface area (Å²) in [5.41, 5.74) is 1.41. The van der Waals surface area contributed by atoms with Gasteiger partial charge >= 0.3 is 0 Å². The Kier molecular flexibility index (Phi) is 11.0. The van der Waals surface area contributed by atoms with Gasteiger partial charge in [0.1, 0.15) is 18.4 Å². The summed E-state index contributed by atoms with van der Waals surface area (Å²) in [5.74, 6) is -1.72. The molecule has 4 aromatic rings. The number of nitrogens with zero attached hydrogens (tertiary/aromatic N) is 2. The Morgan fingerprint density at radius 1 is 0.848 bits per heavy atom. The third-order valence-electron chi connectivity index (χ3n) is 8.07. The van der Waals surface area contributed by atoms with Crippen LogP contribution >= 0.6 is 23.2 Å². The molecule has 1 aliphatic rings. The molecule has 46 heavy (non-hydrogen) atoms. The molecule has 1 saturated carbocycles. The van der Waals surface area contributed by atoms with Gasteiger partial charge in [0.15, 0.2) is 0 Å². The fourth-order valence-electron chi connectivity index (χ4n) is 5.62. The molecule has 1 atom stereocenters. The summed E-state index contributed by atoms with van der Waals surface area (Å²) in [6.45, 7) is -0.747. The van der Waals surface area contributed by atoms with Crippen molar-refractivity contribution < 1.29 is 22.4 Å². The van der Waals surface area contributed by atoms with Gasteiger partial charge in [0.25, 0.3) is 10.0 Å². The van der Waals surface area contributed by atoms with Gasteiger partial charge in [-0.15, -0.1) is 0 Å². The number of nitrogens with one attached hydrogen (secondary N) is 1. The van der Waals surface area contributed by atoms with Crippen molar-refractivity contribution in [3.63, 3.8) is 0 Å². The molecule has 0 unspecified atom stereocenters. The van der Waals surface area contributed by atoms with Gasteiger partial charge in [-0.3, -0.25) is 13.9 Å². The van der Waals surface area contributed by atoms with Gasteiger partial charge in [-0.2, -0.15) is 0 Å². The Labute approximate surface area is 279 Å². The number of halogens is 3. The van der Waals surface area contributed by atoms with E-state index in [0.29, 0.717) is 10.6 Å². The molecule has 0 aliphatic heterocycles. The SMILES string of the molecule is O=C(NC1CCCC1)[C@@H](Cc1ccccc1)N(Cc1ccccc1Cl)C(=O)CN(c1ccc(F)c(Cl)c1)S(=O)(=O)c1ccccc1. The molecule has 1 N–H and O–H groups in total. The van der Waals surface area contributed by atoms with Gasteiger partial charge in [0, 0.05) is 24.0 Å². The molecular formula is C35H34Cl2FN3O4S. The van der Waals surface area contributed by atoms with E-state index in [4.69, 9.17) is 23.2 Å². The van der Waals surface area contributed by atoms with Crippen LogP contribution in [0.5, 0.6) is 0 Å². The van der Waals surface area contributed by atoms with Crippen molar-refractivity contribution >= 4 is 50.7 Å². The molecule has 0 saturated heterocycles. The molecule has 1 fully saturated rings. The molecule has 0 aromatic heterocycles. The number of benzene rings is 4. The molecule has 0 bridgehead atoms. The first-order chi connectivity index (χ1) is 22.1. The molecular weight excluding hydrogens is 648 g/mol. The second kappa shape index (κ2) is 15.1. The highest BCUT2D eigenvalue weighted by Crippen LogP contribution is 2.29. The van der Waals surface area contributed by atoms with Crippen molar-refractivity contribution in [3.05, 3.63) is 130 Å². The average molecular weight is 683 g/mol. The van der Waals surface area contributed by atoms with Crippen LogP contribution in [0.3, 0.4) is 0 Å². The van der Waals surface area contributed by atoms with Crippen molar-refractivity contribution in [1.29, 1.82) is 0 Å². The smallest absolute Gasteiger partial charge is 0.264 e. The zero-order valence-corrected chi connectivity index (χ0v) is 27.3. The minimum atomic E-state index is -4.34. The second-order valence-corrected chi connectivity index (χ2v) is 13.9. The number of hydrogen-bond acceptors (Lipinski definition) is 4. The van der Waals surface area contributed by atoms with E-state index in [1.165, 1.54) is 23.1 Å². The van der Waals surface area contributed by atoms with E-state index in [2.05, 4.69) is 5.32 Å². The number of sulfonamides is 1. The molecule has 240 valence electrons. The van der Waals surface area contributed by atoms with Crippen molar-refractivity contribution in [2.75, 3.05) is 10.8 Å². The monoisotopic (exact) mass is 681 g/mol. The second-order valence-electron chi connectivity index (χ2n) is 11.2. The minimum absolute atomic E-state index is 0.00341. The summed E-state index contributed by atoms with van der Waals surface area (Å²) in [6, 6.07) is 26.4. The van der Waals surface area contributed by atoms with Crippen LogP contribution in [0.25, 0.3) is 0 Å². The Hall–Kier alpha value is -3.92. The molecule has 5 rings (SSSR count). The van der Waals surface area contributed by atoms with E-state index in [9.17, 15) is 22.4 Å². The highest BCUT2D eigenvalue weighted by Gasteiger charge is 2.36. The van der Waals surface area contributed by atoms with Gasteiger partial charge in [0.05, 0.1) is 15.6 Å². The molecule has 2 amide bonds. The van der Waals surface area contributed by atoms with Crippen LogP contribution < -0.4 is 9.62 Å². The van der Waals surface area contributed by atoms with Crippen LogP contribution in [0.4, 0.5) is 10.1 Å². The molecule has 0 heterocycles. The summed E-state index contributed by atoms with van der Waals surface area (Å²) in [7, 11) is -4.34. The summed E-state index contributed by atoms with van der Waals surface area (Å²) < 4.78 is 43.2. The maximum absolute atomic E-state index is 14.5. The van der Waals surface area contributed by atoms with E-state index in [0.717, 1.165) is 47.7 Å². The number of carbonyl (C=O) groups is 2. The van der Waals surface area contributed by atoms with Crippen LogP contribution in [-0.2, 0) is 32.6 Å². The Morgan fingerprint density at radius 2 is 1.48 bits per heavy atom. The number of anilines is 1. The highest BCUT2D eigenvalue weighted by atomic mass is 35.5. The quantitative estimate of drug-likeness (QED) is 0.174. The lowest BCUT2D eigenvalue weighted by atomic mass is 10.0. The van der Waals surface area contributed by atoms with Crippen molar-refractivity contribution in [2.24, 2.45) is 0 Å². The van der Waals surface area contributed by atoms with Crippen LogP contribution in [0.2, 0.25) is 10.0 Å². The van der Waals surface area contributed by atoms with E-state index in [1.54, 1.807) is 42.5 Å². The lowest BCUT2D eigenvalue weighted by Gasteiger charge is -2.34. The average Bonchev–Trinajstić information content (AvgIpc) is 3.57. The van der Waals surface area contributed by atoms with Crippen LogP contribution in [0.15, 0.2) is 108 Å². The third kappa shape index (κ3) is 8.07. The number of rotatable bonds is 12. The predicted molar refractivity (Wildman–Crippen MR) is 179 cm³/mol. The first-order valence-electron chi connectivity index (χ1n) is 15.0. The van der Waals surface area contributed by atoms with E-state index in [1.807, 2.05) is 30.3 Å². The number of carbonyl (C=O) groups excluding carboxylic acids is 2. The van der Waals surface area contributed by atoms with Crippen LogP contribution in [0, 0.1) is 5.82 Å². The summed E-state index contributed by atoms with van der Waals surface area (Å²) in [4.78, 5) is 29.9. The third-order valence-corrected chi connectivity index (χ3v) is 10.5. The van der Waals surface area contributed by atoms with Crippen molar-refractivity contribution in [2.45, 2.75) is 55.6 Å². The Morgan fingerprint density at radius 3 is 2.13 bits per heavy atom. The zero-order valence-electron chi connectivity index (χ0n) is 25.0. The summed E-state index contributed by atoms with van der Waals surface area (Å²) in [5, 5.41) is 3.23. The first kappa shape index (κ1) is 33.4. The topological polar surface area (TPSA) is 86.8 Å². The van der Waals surface area contributed by atoms with E-state index < -0.39 is 34.3 Å². The van der Waals surface area contributed by atoms with E-state index in [-0.39, 0.29) is 40.5 Å². The first-order valence-corrected chi connectivity index (χ1v) is 17.2. The van der Waals surface area contributed by atoms with Gasteiger partial charge in [0.2, 0.25) is 11.8 Å². The molecule has 4 aromatic carbocycles. The van der Waals surface area contributed by atoms with Crippen LogP contribution in [-0.4, -0.2) is 43.8 Å². The molecule has 0 radical (unpaired) electrons. The maximum atomic E-state index is 14.5. The maximum Gasteiger partial charge on any atom is 0.264 e. The molecule has 1 aliphatic carbocycles. The lowest BCUT2D eigenvalue weighted by Crippen LogP contribution is -2.54. The number of amides is 2. The van der Waals surface area contributed by atoms with Gasteiger partial charge in [-0.1, -0.05) is 103 Å². The van der Waals surface area contributed by atoms with Crippen molar-refractivity contribution in [1.82, 2.24) is 10.2 Å². The van der Waals surface area contributed by atoms with E-state index >= 15 is 0 Å². The lowest BCUT2D eigenvalue weighted by molar-refractivity contribution is -0.140.